The molecule has 0 fully saturated rings. The molecule has 6 nitrogen and oxygen atoms in total. The molecule has 3 rings (SSSR count). The van der Waals surface area contributed by atoms with Crippen LogP contribution in [0.2, 0.25) is 0 Å². The van der Waals surface area contributed by atoms with Gasteiger partial charge in [0.05, 0.1) is 5.69 Å². The van der Waals surface area contributed by atoms with Gasteiger partial charge < -0.3 is 4.52 Å². The molecule has 0 saturated heterocycles. The third-order valence-corrected chi connectivity index (χ3v) is 2.38. The maximum absolute atomic E-state index is 12.1. The Morgan fingerprint density at radius 3 is 2.76 bits per heavy atom. The average molecular weight is 228 g/mol. The normalized spacial score (nSPS) is 10.6. The first-order chi connectivity index (χ1) is 8.36. The fourth-order valence-corrected chi connectivity index (χ4v) is 1.58. The monoisotopic (exact) mass is 228 g/mol. The van der Waals surface area contributed by atoms with Crippen LogP contribution in [0.1, 0.15) is 0 Å². The lowest BCUT2D eigenvalue weighted by Crippen LogP contribution is -2.15. The summed E-state index contributed by atoms with van der Waals surface area (Å²) in [5.74, 6) is 0.209. The van der Waals surface area contributed by atoms with Crippen molar-refractivity contribution in [2.24, 2.45) is 0 Å². The topological polar surface area (TPSA) is 76.7 Å². The number of hydrogen-bond acceptors (Lipinski definition) is 4. The van der Waals surface area contributed by atoms with Crippen LogP contribution >= 0.6 is 0 Å². The number of benzene rings is 1. The number of para-hydroxylation sites is 1. The third-order valence-electron chi connectivity index (χ3n) is 2.38. The van der Waals surface area contributed by atoms with Crippen molar-refractivity contribution in [2.45, 2.75) is 0 Å². The molecule has 2 heterocycles. The van der Waals surface area contributed by atoms with E-state index in [9.17, 15) is 4.79 Å². The number of nitrogens with one attached hydrogen (secondary N) is 1. The summed E-state index contributed by atoms with van der Waals surface area (Å²) in [6.45, 7) is 0. The van der Waals surface area contributed by atoms with E-state index in [4.69, 9.17) is 4.52 Å². The molecule has 1 N–H and O–H groups in total. The fraction of sp³-hybridized carbons (Fsp3) is 0. The van der Waals surface area contributed by atoms with E-state index in [1.807, 2.05) is 30.3 Å². The second kappa shape index (κ2) is 3.75. The first-order valence-corrected chi connectivity index (χ1v) is 4.99. The summed E-state index contributed by atoms with van der Waals surface area (Å²) in [6, 6.07) is 9.26. The summed E-state index contributed by atoms with van der Waals surface area (Å²) in [6.07, 6.45) is 2.80. The van der Waals surface area contributed by atoms with E-state index in [-0.39, 0.29) is 11.4 Å². The quantitative estimate of drug-likeness (QED) is 0.715. The van der Waals surface area contributed by atoms with Crippen molar-refractivity contribution in [2.75, 3.05) is 0 Å². The molecule has 0 spiro atoms. The van der Waals surface area contributed by atoms with Gasteiger partial charge in [0, 0.05) is 6.20 Å². The van der Waals surface area contributed by atoms with Gasteiger partial charge in [0.2, 0.25) is 0 Å². The standard InChI is InChI=1S/C11H8N4O2/c16-11-9(10-12-7-14-17-10)6-13-15(11)8-4-2-1-3-5-8/h1-7,13H. The maximum Gasteiger partial charge on any atom is 0.284 e. The van der Waals surface area contributed by atoms with Crippen LogP contribution in [0.4, 0.5) is 0 Å². The molecule has 0 aliphatic carbocycles. The van der Waals surface area contributed by atoms with Crippen molar-refractivity contribution < 1.29 is 4.52 Å². The smallest absolute Gasteiger partial charge is 0.284 e. The van der Waals surface area contributed by atoms with Crippen molar-refractivity contribution in [1.82, 2.24) is 19.9 Å². The molecular formula is C11H8N4O2. The molecule has 6 heteroatoms. The fourth-order valence-electron chi connectivity index (χ4n) is 1.58. The molecule has 0 amide bonds. The summed E-state index contributed by atoms with van der Waals surface area (Å²) < 4.78 is 6.27. The molecule has 0 radical (unpaired) electrons. The van der Waals surface area contributed by atoms with E-state index in [1.54, 1.807) is 6.20 Å². The third kappa shape index (κ3) is 1.55. The van der Waals surface area contributed by atoms with Crippen molar-refractivity contribution in [3.8, 4) is 17.1 Å². The molecule has 1 aromatic carbocycles. The van der Waals surface area contributed by atoms with Gasteiger partial charge in [-0.1, -0.05) is 23.4 Å². The van der Waals surface area contributed by atoms with Gasteiger partial charge in [-0.2, -0.15) is 4.98 Å². The molecule has 0 aliphatic heterocycles. The Morgan fingerprint density at radius 1 is 1.24 bits per heavy atom. The second-order valence-corrected chi connectivity index (χ2v) is 3.41. The van der Waals surface area contributed by atoms with E-state index in [1.165, 1.54) is 11.0 Å². The van der Waals surface area contributed by atoms with E-state index in [2.05, 4.69) is 15.2 Å². The van der Waals surface area contributed by atoms with Crippen LogP contribution in [0.15, 0.2) is 52.2 Å². The van der Waals surface area contributed by atoms with Crippen molar-refractivity contribution in [1.29, 1.82) is 0 Å². The van der Waals surface area contributed by atoms with Crippen molar-refractivity contribution >= 4 is 0 Å². The van der Waals surface area contributed by atoms with E-state index in [0.717, 1.165) is 5.69 Å². The van der Waals surface area contributed by atoms with E-state index in [0.29, 0.717) is 5.56 Å². The van der Waals surface area contributed by atoms with Gasteiger partial charge in [-0.05, 0) is 12.1 Å². The van der Waals surface area contributed by atoms with Gasteiger partial charge in [0.1, 0.15) is 5.56 Å². The zero-order valence-electron chi connectivity index (χ0n) is 8.70. The number of rotatable bonds is 2. The van der Waals surface area contributed by atoms with Crippen LogP contribution in [0, 0.1) is 0 Å². The zero-order valence-corrected chi connectivity index (χ0v) is 8.70. The highest BCUT2D eigenvalue weighted by Gasteiger charge is 2.13. The van der Waals surface area contributed by atoms with Crippen LogP contribution in [-0.4, -0.2) is 19.9 Å². The number of aromatic nitrogens is 4. The maximum atomic E-state index is 12.1. The van der Waals surface area contributed by atoms with Crippen molar-refractivity contribution in [3.05, 3.63) is 53.2 Å². The highest BCUT2D eigenvalue weighted by Crippen LogP contribution is 2.11. The Kier molecular flexibility index (Phi) is 2.11. The minimum atomic E-state index is -0.222. The molecule has 84 valence electrons. The Labute approximate surface area is 95.5 Å². The Bertz CT molecular complexity index is 667. The Morgan fingerprint density at radius 2 is 2.06 bits per heavy atom. The van der Waals surface area contributed by atoms with Gasteiger partial charge >= 0.3 is 0 Å². The van der Waals surface area contributed by atoms with E-state index < -0.39 is 0 Å². The summed E-state index contributed by atoms with van der Waals surface area (Å²) >= 11 is 0. The summed E-state index contributed by atoms with van der Waals surface area (Å²) in [7, 11) is 0. The summed E-state index contributed by atoms with van der Waals surface area (Å²) in [4.78, 5) is 15.9. The predicted molar refractivity (Wildman–Crippen MR) is 59.7 cm³/mol. The highest BCUT2D eigenvalue weighted by atomic mass is 16.5. The number of hydrogen-bond donors (Lipinski definition) is 1. The van der Waals surface area contributed by atoms with E-state index >= 15 is 0 Å². The highest BCUT2D eigenvalue weighted by molar-refractivity contribution is 5.50. The molecule has 0 bridgehead atoms. The molecule has 0 atom stereocenters. The van der Waals surface area contributed by atoms with Gasteiger partial charge in [0.15, 0.2) is 6.33 Å². The summed E-state index contributed by atoms with van der Waals surface area (Å²) in [5, 5.41) is 6.33. The first kappa shape index (κ1) is 9.59. The first-order valence-electron chi connectivity index (χ1n) is 4.99. The average Bonchev–Trinajstić information content (AvgIpc) is 2.99. The molecule has 2 aromatic heterocycles. The minimum absolute atomic E-state index is 0.209. The van der Waals surface area contributed by atoms with Gasteiger partial charge in [-0.15, -0.1) is 0 Å². The number of nitrogens with zero attached hydrogens (tertiary/aromatic N) is 3. The number of H-pyrrole nitrogens is 1. The van der Waals surface area contributed by atoms with Crippen molar-refractivity contribution in [3.63, 3.8) is 0 Å². The second-order valence-electron chi connectivity index (χ2n) is 3.41. The van der Waals surface area contributed by atoms with Crippen LogP contribution < -0.4 is 5.56 Å². The Hall–Kier alpha value is -2.63. The molecule has 17 heavy (non-hydrogen) atoms. The molecule has 0 unspecified atom stereocenters. The Balaban J connectivity index is 2.14. The van der Waals surface area contributed by atoms with Crippen LogP contribution in [-0.2, 0) is 0 Å². The lowest BCUT2D eigenvalue weighted by atomic mass is 10.3. The van der Waals surface area contributed by atoms with Gasteiger partial charge in [-0.25, -0.2) is 4.68 Å². The van der Waals surface area contributed by atoms with Gasteiger partial charge in [0.25, 0.3) is 11.4 Å². The predicted octanol–water partition coefficient (Wildman–Crippen LogP) is 1.22. The molecular weight excluding hydrogens is 220 g/mol. The lowest BCUT2D eigenvalue weighted by Gasteiger charge is -1.98. The number of aromatic amines is 1. The minimum Gasteiger partial charge on any atom is -0.334 e. The zero-order chi connectivity index (χ0) is 11.7. The largest absolute Gasteiger partial charge is 0.334 e. The molecule has 0 aliphatic rings. The molecule has 0 saturated carbocycles. The lowest BCUT2D eigenvalue weighted by molar-refractivity contribution is 0.430. The summed E-state index contributed by atoms with van der Waals surface area (Å²) in [5.41, 5.74) is 0.884. The molecule has 3 aromatic rings. The van der Waals surface area contributed by atoms with Crippen LogP contribution in [0.3, 0.4) is 0 Å². The SMILES string of the molecule is O=c1c(-c2ncno2)c[nH]n1-c1ccccc1. The van der Waals surface area contributed by atoms with Crippen LogP contribution in [0.5, 0.6) is 0 Å². The van der Waals surface area contributed by atoms with Gasteiger partial charge in [-0.3, -0.25) is 9.89 Å². The van der Waals surface area contributed by atoms with Crippen LogP contribution in [0.25, 0.3) is 17.1 Å².